The highest BCUT2D eigenvalue weighted by molar-refractivity contribution is 6.30. The van der Waals surface area contributed by atoms with Crippen LogP contribution in [0.5, 0.6) is 0 Å². The van der Waals surface area contributed by atoms with Crippen LogP contribution >= 0.6 is 11.6 Å². The fourth-order valence-electron chi connectivity index (χ4n) is 3.24. The van der Waals surface area contributed by atoms with Crippen molar-refractivity contribution in [1.82, 2.24) is 14.3 Å². The molecule has 1 fully saturated rings. The van der Waals surface area contributed by atoms with Crippen molar-refractivity contribution in [1.29, 1.82) is 0 Å². The van der Waals surface area contributed by atoms with E-state index in [1.165, 1.54) is 18.5 Å². The number of halogens is 1. The third-order valence-corrected chi connectivity index (χ3v) is 4.66. The Kier molecular flexibility index (Phi) is 3.71. The summed E-state index contributed by atoms with van der Waals surface area (Å²) in [5.74, 6) is 0. The van der Waals surface area contributed by atoms with Crippen molar-refractivity contribution >= 4 is 22.9 Å². The second-order valence-electron chi connectivity index (χ2n) is 6.09. The monoisotopic (exact) mass is 326 g/mol. The van der Waals surface area contributed by atoms with Crippen LogP contribution < -0.4 is 5.73 Å². The van der Waals surface area contributed by atoms with Crippen molar-refractivity contribution in [3.05, 3.63) is 53.3 Å². The van der Waals surface area contributed by atoms with Crippen molar-refractivity contribution in [3.63, 3.8) is 0 Å². The third kappa shape index (κ3) is 2.80. The quantitative estimate of drug-likeness (QED) is 0.744. The highest BCUT2D eigenvalue weighted by Crippen LogP contribution is 2.28. The molecule has 0 aliphatic carbocycles. The number of hydrogen-bond donors (Lipinski definition) is 1. The summed E-state index contributed by atoms with van der Waals surface area (Å²) in [6.07, 6.45) is 4.50. The summed E-state index contributed by atoms with van der Waals surface area (Å²) in [4.78, 5) is 7.31. The Balaban J connectivity index is 1.85. The minimum Gasteiger partial charge on any atom is -0.399 e. The Hall–Kier alpha value is -2.04. The van der Waals surface area contributed by atoms with E-state index in [-0.39, 0.29) is 0 Å². The molecule has 4 nitrogen and oxygen atoms in total. The van der Waals surface area contributed by atoms with Crippen LogP contribution in [0.2, 0.25) is 5.02 Å². The van der Waals surface area contributed by atoms with Gasteiger partial charge in [-0.05, 0) is 50.2 Å². The van der Waals surface area contributed by atoms with E-state index < -0.39 is 0 Å². The minimum absolute atomic E-state index is 0.724. The molecule has 118 valence electrons. The molecule has 2 N–H and O–H groups in total. The van der Waals surface area contributed by atoms with Gasteiger partial charge in [-0.2, -0.15) is 0 Å². The first-order valence-electron chi connectivity index (χ1n) is 7.95. The molecule has 0 spiro atoms. The van der Waals surface area contributed by atoms with Crippen LogP contribution in [0.25, 0.3) is 16.9 Å². The molecule has 5 heteroatoms. The molecule has 0 saturated carbocycles. The van der Waals surface area contributed by atoms with Gasteiger partial charge in [0.05, 0.1) is 16.4 Å². The maximum absolute atomic E-state index is 6.20. The van der Waals surface area contributed by atoms with Crippen LogP contribution in [-0.4, -0.2) is 27.4 Å². The summed E-state index contributed by atoms with van der Waals surface area (Å²) in [6.45, 7) is 3.19. The Labute approximate surface area is 140 Å². The van der Waals surface area contributed by atoms with Gasteiger partial charge in [0, 0.05) is 24.0 Å². The Bertz CT molecular complexity index is 832. The number of fused-ring (bicyclic) bond motifs is 1. The van der Waals surface area contributed by atoms with Gasteiger partial charge >= 0.3 is 0 Å². The van der Waals surface area contributed by atoms with E-state index in [0.29, 0.717) is 0 Å². The lowest BCUT2D eigenvalue weighted by Gasteiger charge is -2.15. The zero-order chi connectivity index (χ0) is 15.8. The summed E-state index contributed by atoms with van der Waals surface area (Å²) < 4.78 is 2.12. The Morgan fingerprint density at radius 1 is 1.04 bits per heavy atom. The molecular formula is C18H19ClN4. The first-order chi connectivity index (χ1) is 11.2. The van der Waals surface area contributed by atoms with E-state index in [4.69, 9.17) is 22.3 Å². The van der Waals surface area contributed by atoms with Crippen LogP contribution in [0.4, 0.5) is 5.69 Å². The number of pyridine rings is 1. The molecule has 3 aromatic rings. The maximum atomic E-state index is 6.20. The summed E-state index contributed by atoms with van der Waals surface area (Å²) in [7, 11) is 0. The maximum Gasteiger partial charge on any atom is 0.137 e. The van der Waals surface area contributed by atoms with Gasteiger partial charge in [0.1, 0.15) is 5.65 Å². The molecule has 2 aromatic heterocycles. The molecule has 0 bridgehead atoms. The van der Waals surface area contributed by atoms with E-state index >= 15 is 0 Å². The predicted molar refractivity (Wildman–Crippen MR) is 94.6 cm³/mol. The van der Waals surface area contributed by atoms with E-state index in [9.17, 15) is 0 Å². The number of hydrogen-bond acceptors (Lipinski definition) is 3. The Morgan fingerprint density at radius 2 is 1.78 bits per heavy atom. The number of likely N-dealkylation sites (tertiary alicyclic amines) is 1. The largest absolute Gasteiger partial charge is 0.399 e. The van der Waals surface area contributed by atoms with E-state index in [2.05, 4.69) is 9.30 Å². The molecule has 1 aliphatic heterocycles. The van der Waals surface area contributed by atoms with Gasteiger partial charge in [-0.15, -0.1) is 0 Å². The Morgan fingerprint density at radius 3 is 2.52 bits per heavy atom. The second-order valence-corrected chi connectivity index (χ2v) is 6.52. The standard InChI is InChI=1S/C18H19ClN4/c19-14-5-8-17-21-18(13-3-6-15(20)7-4-13)16(23(17)11-14)12-22-9-1-2-10-22/h3-8,11H,1-2,9-10,12,20H2. The van der Waals surface area contributed by atoms with Crippen LogP contribution in [0.15, 0.2) is 42.6 Å². The van der Waals surface area contributed by atoms with Gasteiger partial charge in [0.25, 0.3) is 0 Å². The van der Waals surface area contributed by atoms with Crippen LogP contribution in [-0.2, 0) is 6.54 Å². The van der Waals surface area contributed by atoms with Gasteiger partial charge in [-0.3, -0.25) is 4.90 Å². The number of nitrogen functional groups attached to an aromatic ring is 1. The predicted octanol–water partition coefficient (Wildman–Crippen LogP) is 3.83. The molecule has 1 aromatic carbocycles. The highest BCUT2D eigenvalue weighted by Gasteiger charge is 2.19. The van der Waals surface area contributed by atoms with Gasteiger partial charge < -0.3 is 10.1 Å². The number of imidazole rings is 1. The lowest BCUT2D eigenvalue weighted by Crippen LogP contribution is -2.19. The van der Waals surface area contributed by atoms with Crippen LogP contribution in [0.3, 0.4) is 0 Å². The average Bonchev–Trinajstić information content (AvgIpc) is 3.17. The number of anilines is 1. The van der Waals surface area contributed by atoms with Gasteiger partial charge in [0.15, 0.2) is 0 Å². The fraction of sp³-hybridized carbons (Fsp3) is 0.278. The zero-order valence-corrected chi connectivity index (χ0v) is 13.6. The molecule has 1 aliphatic rings. The van der Waals surface area contributed by atoms with Crippen molar-refractivity contribution < 1.29 is 0 Å². The van der Waals surface area contributed by atoms with Gasteiger partial charge in [0.2, 0.25) is 0 Å². The number of aromatic nitrogens is 2. The molecule has 1 saturated heterocycles. The highest BCUT2D eigenvalue weighted by atomic mass is 35.5. The van der Waals surface area contributed by atoms with E-state index in [1.54, 1.807) is 0 Å². The normalized spacial score (nSPS) is 15.5. The van der Waals surface area contributed by atoms with Crippen LogP contribution in [0, 0.1) is 0 Å². The lowest BCUT2D eigenvalue weighted by molar-refractivity contribution is 0.327. The van der Waals surface area contributed by atoms with E-state index in [0.717, 1.165) is 47.2 Å². The van der Waals surface area contributed by atoms with Crippen LogP contribution in [0.1, 0.15) is 18.5 Å². The molecule has 0 amide bonds. The summed E-state index contributed by atoms with van der Waals surface area (Å²) in [6, 6.07) is 11.8. The van der Waals surface area contributed by atoms with Crippen molar-refractivity contribution in [3.8, 4) is 11.3 Å². The smallest absolute Gasteiger partial charge is 0.137 e. The number of nitrogens with zero attached hydrogens (tertiary/aromatic N) is 3. The summed E-state index contributed by atoms with van der Waals surface area (Å²) in [5, 5.41) is 0.724. The number of benzene rings is 1. The molecule has 0 atom stereocenters. The number of nitrogens with two attached hydrogens (primary N) is 1. The zero-order valence-electron chi connectivity index (χ0n) is 12.9. The molecular weight excluding hydrogens is 308 g/mol. The first-order valence-corrected chi connectivity index (χ1v) is 8.33. The second kappa shape index (κ2) is 5.87. The van der Waals surface area contributed by atoms with Crippen molar-refractivity contribution in [2.24, 2.45) is 0 Å². The average molecular weight is 327 g/mol. The molecule has 23 heavy (non-hydrogen) atoms. The van der Waals surface area contributed by atoms with Gasteiger partial charge in [-0.25, -0.2) is 4.98 Å². The fourth-order valence-corrected chi connectivity index (χ4v) is 3.40. The number of rotatable bonds is 3. The molecule has 3 heterocycles. The lowest BCUT2D eigenvalue weighted by atomic mass is 10.1. The van der Waals surface area contributed by atoms with Crippen molar-refractivity contribution in [2.75, 3.05) is 18.8 Å². The molecule has 4 rings (SSSR count). The SMILES string of the molecule is Nc1ccc(-c2nc3ccc(Cl)cn3c2CN2CCCC2)cc1. The van der Waals surface area contributed by atoms with Gasteiger partial charge in [-0.1, -0.05) is 23.7 Å². The van der Waals surface area contributed by atoms with Crippen molar-refractivity contribution in [2.45, 2.75) is 19.4 Å². The first kappa shape index (κ1) is 14.5. The molecule has 0 radical (unpaired) electrons. The summed E-state index contributed by atoms with van der Waals surface area (Å²) in [5.41, 5.74) is 10.8. The topological polar surface area (TPSA) is 46.6 Å². The third-order valence-electron chi connectivity index (χ3n) is 4.44. The summed E-state index contributed by atoms with van der Waals surface area (Å²) >= 11 is 6.20. The molecule has 0 unspecified atom stereocenters. The van der Waals surface area contributed by atoms with E-state index in [1.807, 2.05) is 42.6 Å². The minimum atomic E-state index is 0.724.